The molecule has 0 aliphatic carbocycles. The van der Waals surface area contributed by atoms with Gasteiger partial charge < -0.3 is 67.5 Å². The lowest BCUT2D eigenvalue weighted by Gasteiger charge is -2.18. The number of alkyl carbamates (subject to hydrolysis) is 1. The van der Waals surface area contributed by atoms with Gasteiger partial charge in [-0.1, -0.05) is 99.3 Å². The van der Waals surface area contributed by atoms with Gasteiger partial charge in [-0.05, 0) is 172 Å². The number of unbranched alkanes of at least 4 members (excludes halogenated alkanes) is 3. The van der Waals surface area contributed by atoms with Gasteiger partial charge in [0.05, 0.1) is 96.2 Å². The Hall–Kier alpha value is -14.8. The lowest BCUT2D eigenvalue weighted by Crippen LogP contribution is -2.44. The monoisotopic (exact) mass is 1550 g/mol. The third-order valence-electron chi connectivity index (χ3n) is 18.0. The number of amides is 3. The highest BCUT2D eigenvalue weighted by molar-refractivity contribution is 6.02. The highest BCUT2D eigenvalue weighted by Gasteiger charge is 2.28. The third-order valence-corrected chi connectivity index (χ3v) is 18.0. The van der Waals surface area contributed by atoms with Crippen LogP contribution in [0.1, 0.15) is 108 Å². The van der Waals surface area contributed by atoms with Gasteiger partial charge in [0.15, 0.2) is 51.9 Å². The number of hydrogen-bond donors (Lipinski definition) is 9. The average Bonchev–Trinajstić information content (AvgIpc) is 1.64. The van der Waals surface area contributed by atoms with Crippen molar-refractivity contribution in [3.63, 3.8) is 0 Å². The first-order valence-electron chi connectivity index (χ1n) is 37.0. The van der Waals surface area contributed by atoms with Gasteiger partial charge in [-0.25, -0.2) is 33.6 Å². The molecule has 3 amide bonds. The Bertz CT molecular complexity index is 5590. The molecule has 34 nitrogen and oxygen atoms in total. The van der Waals surface area contributed by atoms with Crippen molar-refractivity contribution in [3.8, 4) is 52.8 Å². The van der Waals surface area contributed by atoms with E-state index in [0.717, 1.165) is 59.7 Å². The molecule has 0 radical (unpaired) electrons. The zero-order chi connectivity index (χ0) is 80.8. The molecule has 34 heteroatoms. The number of nitrogen functional groups attached to an aromatic ring is 1. The molecule has 115 heavy (non-hydrogen) atoms. The molecule has 13 rings (SSSR count). The Labute approximate surface area is 658 Å². The molecular formula is C81H82N24O10. The Balaban J connectivity index is 0.000000175. The SMILES string of the molecule is CCCCC[C@H](NC(=O)OCc1ccccc1)C(=O)Nc1ccc(C(=O)Cn2c(-c3nonc3NCCC#N)nc3ccccc32)cc1.N#CCCNc1nonc1-c1nc2ccccc2n1CC(=O)c1ccc(N)cc1.N#CCCNc1nonc1-c1nc2ccccc2n1CC(=O)c1ccc(NC(=O)[C@@H](N)CCCCN)cc1. The van der Waals surface area contributed by atoms with Gasteiger partial charge in [0.2, 0.25) is 29.3 Å². The van der Waals surface area contributed by atoms with Gasteiger partial charge in [0.1, 0.15) is 12.6 Å². The van der Waals surface area contributed by atoms with E-state index in [-0.39, 0.29) is 68.2 Å². The third kappa shape index (κ3) is 21.6. The highest BCUT2D eigenvalue weighted by Crippen LogP contribution is 2.33. The molecule has 13 aromatic rings. The number of para-hydroxylation sites is 6. The van der Waals surface area contributed by atoms with Gasteiger partial charge in [-0.15, -0.1) is 0 Å². The van der Waals surface area contributed by atoms with E-state index in [4.69, 9.17) is 51.6 Å². The maximum absolute atomic E-state index is 13.5. The summed E-state index contributed by atoms with van der Waals surface area (Å²) in [5, 5.41) is 67.5. The summed E-state index contributed by atoms with van der Waals surface area (Å²) in [6.07, 6.45) is 5.42. The number of aromatic nitrogens is 12. The number of carbonyl (C=O) groups excluding carboxylic acids is 6. The second-order valence-electron chi connectivity index (χ2n) is 26.1. The number of anilines is 6. The van der Waals surface area contributed by atoms with Crippen LogP contribution in [0.4, 0.5) is 39.3 Å². The molecule has 0 bridgehead atoms. The van der Waals surface area contributed by atoms with Gasteiger partial charge in [0, 0.05) is 53.4 Å². The van der Waals surface area contributed by atoms with Crippen LogP contribution in [0, 0.1) is 34.0 Å². The molecule has 0 spiro atoms. The summed E-state index contributed by atoms with van der Waals surface area (Å²) >= 11 is 0. The van der Waals surface area contributed by atoms with Crippen molar-refractivity contribution in [1.29, 1.82) is 15.8 Å². The molecule has 586 valence electrons. The summed E-state index contributed by atoms with van der Waals surface area (Å²) in [5.74, 6) is 1.16. The Morgan fingerprint density at radius 2 is 0.852 bits per heavy atom. The Morgan fingerprint density at radius 3 is 1.25 bits per heavy atom. The number of nitrogens with one attached hydrogen (secondary N) is 6. The average molecular weight is 1550 g/mol. The number of carbonyl (C=O) groups is 6. The fraction of sp³-hybridized carbons (Fsp3) is 0.259. The zero-order valence-electron chi connectivity index (χ0n) is 62.6. The minimum absolute atomic E-state index is 0.0158. The van der Waals surface area contributed by atoms with Crippen LogP contribution in [0.2, 0.25) is 0 Å². The van der Waals surface area contributed by atoms with Crippen LogP contribution in [-0.2, 0) is 40.6 Å². The number of imidazole rings is 3. The van der Waals surface area contributed by atoms with Gasteiger partial charge in [-0.3, -0.25) is 24.0 Å². The number of fused-ring (bicyclic) bond motifs is 3. The molecule has 6 aromatic heterocycles. The van der Waals surface area contributed by atoms with E-state index in [9.17, 15) is 28.8 Å². The Kier molecular flexibility index (Phi) is 28.8. The summed E-state index contributed by atoms with van der Waals surface area (Å²) in [5.41, 5.74) is 26.4. The van der Waals surface area contributed by atoms with Gasteiger partial charge in [-0.2, -0.15) is 15.8 Å². The first kappa shape index (κ1) is 81.2. The van der Waals surface area contributed by atoms with Crippen LogP contribution in [-0.4, -0.2) is 133 Å². The lowest BCUT2D eigenvalue weighted by molar-refractivity contribution is -0.118. The second-order valence-corrected chi connectivity index (χ2v) is 26.1. The number of ketones is 3. The molecule has 0 fully saturated rings. The quantitative estimate of drug-likeness (QED) is 0.0100. The summed E-state index contributed by atoms with van der Waals surface area (Å²) in [6.45, 7) is 3.81. The number of nitrogens with zero attached hydrogens (tertiary/aromatic N) is 15. The van der Waals surface area contributed by atoms with Crippen molar-refractivity contribution in [2.45, 2.75) is 109 Å². The van der Waals surface area contributed by atoms with Crippen LogP contribution in [0.15, 0.2) is 190 Å². The summed E-state index contributed by atoms with van der Waals surface area (Å²) < 4.78 is 25.4. The fourth-order valence-corrected chi connectivity index (χ4v) is 12.0. The maximum Gasteiger partial charge on any atom is 0.408 e. The molecule has 0 saturated heterocycles. The molecule has 0 unspecified atom stereocenters. The molecule has 0 aliphatic rings. The van der Waals surface area contributed by atoms with E-state index in [0.29, 0.717) is 142 Å². The molecule has 2 atom stereocenters. The number of Topliss-reactive ketones (excluding diaryl/α,β-unsaturated/α-hetero) is 3. The number of nitriles is 3. The first-order chi connectivity index (χ1) is 56.1. The number of hydrogen-bond acceptors (Lipinski definition) is 28. The van der Waals surface area contributed by atoms with Crippen molar-refractivity contribution < 1.29 is 47.4 Å². The number of nitrogens with two attached hydrogens (primary N) is 3. The number of benzene rings is 7. The number of rotatable bonds is 36. The van der Waals surface area contributed by atoms with Crippen molar-refractivity contribution in [2.75, 3.05) is 58.5 Å². The van der Waals surface area contributed by atoms with Crippen LogP contribution in [0.25, 0.3) is 67.7 Å². The predicted octanol–water partition coefficient (Wildman–Crippen LogP) is 11.7. The minimum Gasteiger partial charge on any atom is -0.445 e. The molecule has 6 heterocycles. The summed E-state index contributed by atoms with van der Waals surface area (Å²) in [6, 6.07) is 56.4. The normalized spacial score (nSPS) is 11.3. The fourth-order valence-electron chi connectivity index (χ4n) is 12.0. The van der Waals surface area contributed by atoms with Crippen molar-refractivity contribution in [2.24, 2.45) is 11.5 Å². The van der Waals surface area contributed by atoms with E-state index in [1.54, 1.807) is 86.5 Å². The lowest BCUT2D eigenvalue weighted by atomic mass is 10.1. The molecule has 7 aromatic carbocycles. The molecule has 12 N–H and O–H groups in total. The van der Waals surface area contributed by atoms with E-state index >= 15 is 0 Å². The Morgan fingerprint density at radius 1 is 0.470 bits per heavy atom. The van der Waals surface area contributed by atoms with Crippen molar-refractivity contribution in [1.82, 2.24) is 64.9 Å². The van der Waals surface area contributed by atoms with Crippen molar-refractivity contribution >= 4 is 103 Å². The summed E-state index contributed by atoms with van der Waals surface area (Å²) in [7, 11) is 0. The second kappa shape index (κ2) is 40.7. The summed E-state index contributed by atoms with van der Waals surface area (Å²) in [4.78, 5) is 91.8. The largest absolute Gasteiger partial charge is 0.445 e. The smallest absolute Gasteiger partial charge is 0.408 e. The maximum atomic E-state index is 13.5. The van der Waals surface area contributed by atoms with E-state index in [1.165, 1.54) is 0 Å². The van der Waals surface area contributed by atoms with E-state index < -0.39 is 18.2 Å². The highest BCUT2D eigenvalue weighted by atomic mass is 16.6. The molecular weight excluding hydrogens is 1470 g/mol. The molecule has 0 aliphatic heterocycles. The van der Waals surface area contributed by atoms with Gasteiger partial charge in [0.25, 0.3) is 0 Å². The first-order valence-corrected chi connectivity index (χ1v) is 37.0. The van der Waals surface area contributed by atoms with Crippen LogP contribution in [0.3, 0.4) is 0 Å². The topological polar surface area (TPSA) is 503 Å². The van der Waals surface area contributed by atoms with E-state index in [2.05, 4.69) is 103 Å². The van der Waals surface area contributed by atoms with Gasteiger partial charge >= 0.3 is 6.09 Å². The van der Waals surface area contributed by atoms with Crippen molar-refractivity contribution in [3.05, 3.63) is 198 Å². The molecule has 0 saturated carbocycles. The van der Waals surface area contributed by atoms with Crippen LogP contribution in [0.5, 0.6) is 0 Å². The number of ether oxygens (including phenoxy) is 1. The predicted molar refractivity (Wildman–Crippen MR) is 428 cm³/mol. The standard InChI is InChI=1S/C35H36N8O5.C26H29N9O3.C20H17N7O2/c1-2-3-5-14-28(40-35(46)47-23-24-11-6-4-7-12-24)34(45)38-26-18-16-25(17-19-26)30(44)22-43-29-15-9-8-13-27(29)39-33(43)31-32(42-48-41-31)37-21-10-20-36;27-13-4-3-6-19(29)26(37)31-18-11-9-17(10-12-18)22(36)16-35-21-8-2-1-7-20(21)32-25(35)23-24(34-38-33-23)30-15-5-14-28;21-10-3-11-23-19-18(25-29-26-19)20-24-15-4-1-2-5-16(15)27(20)12-17(28)13-6-8-14(22)9-7-13/h4,6-9,11-13,15-19,28H,2-3,5,10,14,21-23H2,1H3,(H,37,42)(H,38,45)(H,40,46);1-2,7-12,19H,3-6,13,15-16,27,29H2,(H,30,34)(H,31,37);1-2,4-9H,3,11-12,22H2,(H,23,26)/t28-;19-;/m00./s1. The van der Waals surface area contributed by atoms with Crippen LogP contribution < -0.4 is 49.1 Å². The van der Waals surface area contributed by atoms with Crippen LogP contribution >= 0.6 is 0 Å². The minimum atomic E-state index is -0.792. The van der Waals surface area contributed by atoms with E-state index in [1.807, 2.05) is 103 Å². The zero-order valence-corrected chi connectivity index (χ0v) is 62.6.